The molecule has 0 radical (unpaired) electrons. The van der Waals surface area contributed by atoms with Crippen molar-refractivity contribution in [3.63, 3.8) is 0 Å². The number of hydrogen-bond acceptors (Lipinski definition) is 8. The predicted molar refractivity (Wildman–Crippen MR) is 128 cm³/mol. The van der Waals surface area contributed by atoms with Gasteiger partial charge in [-0.05, 0) is 18.2 Å². The van der Waals surface area contributed by atoms with Crippen LogP contribution in [-0.2, 0) is 9.47 Å². The number of para-hydroxylation sites is 1. The summed E-state index contributed by atoms with van der Waals surface area (Å²) in [7, 11) is 1.55. The van der Waals surface area contributed by atoms with Gasteiger partial charge in [-0.3, -0.25) is 4.90 Å². The minimum absolute atomic E-state index is 0.0898. The molecule has 0 saturated carbocycles. The summed E-state index contributed by atoms with van der Waals surface area (Å²) in [5, 5.41) is 16.7. The van der Waals surface area contributed by atoms with Crippen molar-refractivity contribution in [2.24, 2.45) is 4.99 Å². The van der Waals surface area contributed by atoms with E-state index in [1.54, 1.807) is 18.9 Å². The number of amidine groups is 1. The lowest BCUT2D eigenvalue weighted by Crippen LogP contribution is -2.49. The highest BCUT2D eigenvalue weighted by Crippen LogP contribution is 2.40. The van der Waals surface area contributed by atoms with E-state index in [4.69, 9.17) is 19.9 Å². The fraction of sp³-hybridized carbons (Fsp3) is 0.458. The molecule has 7 nitrogen and oxygen atoms in total. The number of aliphatic hydroxyl groups excluding tert-OH is 2. The van der Waals surface area contributed by atoms with Gasteiger partial charge in [-0.15, -0.1) is 0 Å². The number of fused-ring (bicyclic) bond motifs is 2. The minimum atomic E-state index is 0.0898. The number of ether oxygens (including phenoxy) is 2. The number of methoxy groups -OCH3 is 1. The first-order chi connectivity index (χ1) is 15.8. The van der Waals surface area contributed by atoms with Crippen molar-refractivity contribution in [2.75, 3.05) is 72.9 Å². The standard InChI is InChI=1S/C21H25N3O2S.C3H8O2/c25-14-16-26-15-13-23-9-11-24(12-10-23)21-17-5-1-3-7-19(17)27-20-8-4-2-6-18(20)22-21;1-5-3-2-4/h1-8,25H,9-16H2;4H,2-3H2,1H3. The zero-order valence-corrected chi connectivity index (χ0v) is 19.5. The smallest absolute Gasteiger partial charge is 0.137 e. The van der Waals surface area contributed by atoms with Gasteiger partial charge in [-0.25, -0.2) is 4.99 Å². The second-order valence-corrected chi connectivity index (χ2v) is 8.47. The zero-order valence-electron chi connectivity index (χ0n) is 18.7. The summed E-state index contributed by atoms with van der Waals surface area (Å²) >= 11 is 1.80. The van der Waals surface area contributed by atoms with Crippen LogP contribution in [0.5, 0.6) is 0 Å². The number of aliphatic imine (C=N–C) groups is 1. The fourth-order valence-electron chi connectivity index (χ4n) is 3.54. The molecule has 174 valence electrons. The summed E-state index contributed by atoms with van der Waals surface area (Å²) in [4.78, 5) is 12.4. The summed E-state index contributed by atoms with van der Waals surface area (Å²) in [6, 6.07) is 16.9. The molecule has 2 aliphatic rings. The van der Waals surface area contributed by atoms with Crippen LogP contribution in [0.15, 0.2) is 63.3 Å². The van der Waals surface area contributed by atoms with E-state index in [1.807, 2.05) is 0 Å². The summed E-state index contributed by atoms with van der Waals surface area (Å²) in [5.41, 5.74) is 2.27. The van der Waals surface area contributed by atoms with Crippen molar-refractivity contribution in [3.8, 4) is 0 Å². The minimum Gasteiger partial charge on any atom is -0.394 e. The second-order valence-electron chi connectivity index (χ2n) is 7.38. The molecule has 0 atom stereocenters. The van der Waals surface area contributed by atoms with E-state index in [2.05, 4.69) is 63.1 Å². The molecular formula is C24H33N3O4S. The third-order valence-corrected chi connectivity index (χ3v) is 6.34. The van der Waals surface area contributed by atoms with Crippen LogP contribution in [0.2, 0.25) is 0 Å². The first-order valence-corrected chi connectivity index (χ1v) is 11.8. The number of rotatable bonds is 7. The van der Waals surface area contributed by atoms with E-state index < -0.39 is 0 Å². The lowest BCUT2D eigenvalue weighted by atomic mass is 10.1. The van der Waals surface area contributed by atoms with E-state index in [-0.39, 0.29) is 13.2 Å². The van der Waals surface area contributed by atoms with Gasteiger partial charge in [-0.1, -0.05) is 42.1 Å². The van der Waals surface area contributed by atoms with Crippen molar-refractivity contribution >= 4 is 23.3 Å². The number of benzene rings is 2. The van der Waals surface area contributed by atoms with Crippen LogP contribution < -0.4 is 0 Å². The third kappa shape index (κ3) is 7.03. The van der Waals surface area contributed by atoms with E-state index in [0.29, 0.717) is 19.8 Å². The van der Waals surface area contributed by atoms with Gasteiger partial charge in [-0.2, -0.15) is 0 Å². The third-order valence-electron chi connectivity index (χ3n) is 5.19. The molecule has 0 amide bonds. The van der Waals surface area contributed by atoms with E-state index in [0.717, 1.165) is 44.2 Å². The average Bonchev–Trinajstić information content (AvgIpc) is 3.00. The quantitative estimate of drug-likeness (QED) is 0.616. The maximum Gasteiger partial charge on any atom is 0.137 e. The molecule has 2 aliphatic heterocycles. The second kappa shape index (κ2) is 13.6. The number of nitrogens with zero attached hydrogens (tertiary/aromatic N) is 3. The highest BCUT2D eigenvalue weighted by Gasteiger charge is 2.24. The van der Waals surface area contributed by atoms with Gasteiger partial charge < -0.3 is 24.6 Å². The Morgan fingerprint density at radius 2 is 1.56 bits per heavy atom. The van der Waals surface area contributed by atoms with Gasteiger partial charge in [0.1, 0.15) is 5.84 Å². The topological polar surface area (TPSA) is 77.8 Å². The van der Waals surface area contributed by atoms with Gasteiger partial charge >= 0.3 is 0 Å². The van der Waals surface area contributed by atoms with Crippen LogP contribution in [0.1, 0.15) is 5.56 Å². The van der Waals surface area contributed by atoms with Gasteiger partial charge in [0.2, 0.25) is 0 Å². The average molecular weight is 460 g/mol. The molecule has 2 aromatic carbocycles. The largest absolute Gasteiger partial charge is 0.394 e. The molecule has 8 heteroatoms. The maximum absolute atomic E-state index is 8.79. The monoisotopic (exact) mass is 459 g/mol. The van der Waals surface area contributed by atoms with Crippen molar-refractivity contribution in [1.82, 2.24) is 9.80 Å². The molecule has 1 saturated heterocycles. The molecule has 32 heavy (non-hydrogen) atoms. The van der Waals surface area contributed by atoms with Crippen LogP contribution >= 0.6 is 11.8 Å². The Hall–Kier alpha value is -1.94. The lowest BCUT2D eigenvalue weighted by Gasteiger charge is -2.36. The van der Waals surface area contributed by atoms with Crippen molar-refractivity contribution in [3.05, 3.63) is 54.1 Å². The Balaban J connectivity index is 0.000000523. The summed E-state index contributed by atoms with van der Waals surface area (Å²) in [6.45, 7) is 6.58. The molecular weight excluding hydrogens is 426 g/mol. The molecule has 2 heterocycles. The van der Waals surface area contributed by atoms with Gasteiger partial charge in [0.15, 0.2) is 0 Å². The maximum atomic E-state index is 8.79. The van der Waals surface area contributed by atoms with Crippen molar-refractivity contribution in [2.45, 2.75) is 9.79 Å². The molecule has 2 aromatic rings. The van der Waals surface area contributed by atoms with Crippen molar-refractivity contribution in [1.29, 1.82) is 0 Å². The first-order valence-electron chi connectivity index (χ1n) is 11.0. The Bertz CT molecular complexity index is 855. The van der Waals surface area contributed by atoms with Crippen LogP contribution in [0.4, 0.5) is 5.69 Å². The number of aliphatic hydroxyl groups is 2. The number of hydrogen-bond donors (Lipinski definition) is 2. The normalized spacial score (nSPS) is 15.7. The fourth-order valence-corrected chi connectivity index (χ4v) is 4.56. The predicted octanol–water partition coefficient (Wildman–Crippen LogP) is 2.48. The highest BCUT2D eigenvalue weighted by molar-refractivity contribution is 7.99. The van der Waals surface area contributed by atoms with Gasteiger partial charge in [0.25, 0.3) is 0 Å². The molecule has 0 spiro atoms. The Kier molecular flexibility index (Phi) is 10.5. The number of piperazine rings is 1. The van der Waals surface area contributed by atoms with Gasteiger partial charge in [0.05, 0.1) is 38.7 Å². The molecule has 0 aromatic heterocycles. The first kappa shape index (κ1) is 24.7. The van der Waals surface area contributed by atoms with Crippen LogP contribution in [-0.4, -0.2) is 98.7 Å². The molecule has 0 bridgehead atoms. The summed E-state index contributed by atoms with van der Waals surface area (Å²) in [6.07, 6.45) is 0. The van der Waals surface area contributed by atoms with Crippen molar-refractivity contribution < 1.29 is 19.7 Å². The van der Waals surface area contributed by atoms with Crippen LogP contribution in [0, 0.1) is 0 Å². The lowest BCUT2D eigenvalue weighted by molar-refractivity contribution is 0.0652. The molecule has 0 unspecified atom stereocenters. The molecule has 1 fully saturated rings. The highest BCUT2D eigenvalue weighted by atomic mass is 32.2. The Morgan fingerprint density at radius 1 is 0.875 bits per heavy atom. The summed E-state index contributed by atoms with van der Waals surface area (Å²) < 4.78 is 9.84. The molecule has 0 aliphatic carbocycles. The molecule has 4 rings (SSSR count). The SMILES string of the molecule is COCCO.OCCOCCN1CCN(C2=Nc3ccccc3Sc3ccccc32)CC1. The Morgan fingerprint density at radius 3 is 2.25 bits per heavy atom. The molecule has 2 N–H and O–H groups in total. The van der Waals surface area contributed by atoms with Crippen LogP contribution in [0.3, 0.4) is 0 Å². The van der Waals surface area contributed by atoms with Crippen LogP contribution in [0.25, 0.3) is 0 Å². The van der Waals surface area contributed by atoms with E-state index >= 15 is 0 Å². The Labute approximate surface area is 194 Å². The van der Waals surface area contributed by atoms with E-state index in [9.17, 15) is 0 Å². The zero-order chi connectivity index (χ0) is 22.6. The van der Waals surface area contributed by atoms with E-state index in [1.165, 1.54) is 15.4 Å². The van der Waals surface area contributed by atoms with Gasteiger partial charge in [0, 0.05) is 55.2 Å². The summed E-state index contributed by atoms with van der Waals surface area (Å²) in [5.74, 6) is 1.08.